The zero-order valence-electron chi connectivity index (χ0n) is 10.9. The number of likely N-dealkylation sites (tertiary alicyclic amines) is 1. The van der Waals surface area contributed by atoms with Crippen LogP contribution in [0.3, 0.4) is 0 Å². The summed E-state index contributed by atoms with van der Waals surface area (Å²) in [7, 11) is 4.14. The maximum Gasteiger partial charge on any atom is 0.239 e. The van der Waals surface area contributed by atoms with Crippen molar-refractivity contribution in [1.82, 2.24) is 9.80 Å². The van der Waals surface area contributed by atoms with Gasteiger partial charge in [0.1, 0.15) is 0 Å². The molecule has 0 unspecified atom stereocenters. The molecule has 0 spiro atoms. The lowest BCUT2D eigenvalue weighted by atomic mass is 10.00. The van der Waals surface area contributed by atoms with Crippen LogP contribution in [0.1, 0.15) is 26.7 Å². The number of carbonyl (C=O) groups excluding carboxylic acids is 1. The van der Waals surface area contributed by atoms with E-state index >= 15 is 0 Å². The largest absolute Gasteiger partial charge is 0.340 e. The van der Waals surface area contributed by atoms with Crippen molar-refractivity contribution >= 4 is 5.91 Å². The van der Waals surface area contributed by atoms with Gasteiger partial charge in [-0.2, -0.15) is 0 Å². The quantitative estimate of drug-likeness (QED) is 0.765. The van der Waals surface area contributed by atoms with E-state index in [4.69, 9.17) is 5.73 Å². The first-order valence-electron chi connectivity index (χ1n) is 6.14. The summed E-state index contributed by atoms with van der Waals surface area (Å²) >= 11 is 0. The molecule has 16 heavy (non-hydrogen) atoms. The Bertz CT molecular complexity index is 240. The summed E-state index contributed by atoms with van der Waals surface area (Å²) in [6, 6.07) is 0.137. The lowest BCUT2D eigenvalue weighted by Crippen LogP contribution is -2.53. The molecule has 4 nitrogen and oxygen atoms in total. The van der Waals surface area contributed by atoms with Crippen LogP contribution in [0, 0.1) is 5.92 Å². The fourth-order valence-electron chi connectivity index (χ4n) is 2.07. The molecule has 1 amide bonds. The summed E-state index contributed by atoms with van der Waals surface area (Å²) in [6.45, 7) is 5.68. The van der Waals surface area contributed by atoms with E-state index in [1.54, 1.807) is 0 Å². The fraction of sp³-hybridized carbons (Fsp3) is 0.917. The van der Waals surface area contributed by atoms with Crippen molar-refractivity contribution in [3.8, 4) is 0 Å². The van der Waals surface area contributed by atoms with E-state index in [1.807, 2.05) is 18.7 Å². The average molecular weight is 227 g/mol. The van der Waals surface area contributed by atoms with Crippen molar-refractivity contribution in [2.24, 2.45) is 11.7 Å². The third kappa shape index (κ3) is 3.19. The molecule has 0 bridgehead atoms. The van der Waals surface area contributed by atoms with E-state index in [-0.39, 0.29) is 17.9 Å². The van der Waals surface area contributed by atoms with Crippen LogP contribution in [0.25, 0.3) is 0 Å². The van der Waals surface area contributed by atoms with Gasteiger partial charge in [-0.3, -0.25) is 4.79 Å². The molecule has 1 rings (SSSR count). The van der Waals surface area contributed by atoms with Crippen LogP contribution >= 0.6 is 0 Å². The normalized spacial score (nSPS) is 23.9. The molecule has 94 valence electrons. The summed E-state index contributed by atoms with van der Waals surface area (Å²) in [4.78, 5) is 16.2. The number of hydrogen-bond donors (Lipinski definition) is 1. The Balaban J connectivity index is 2.56. The zero-order valence-corrected chi connectivity index (χ0v) is 10.9. The Hall–Kier alpha value is -0.610. The summed E-state index contributed by atoms with van der Waals surface area (Å²) in [6.07, 6.45) is 2.26. The number of amides is 1. The summed E-state index contributed by atoms with van der Waals surface area (Å²) in [5, 5.41) is 0. The zero-order chi connectivity index (χ0) is 12.3. The van der Waals surface area contributed by atoms with Gasteiger partial charge < -0.3 is 15.5 Å². The smallest absolute Gasteiger partial charge is 0.239 e. The van der Waals surface area contributed by atoms with Gasteiger partial charge in [-0.05, 0) is 32.9 Å². The highest BCUT2D eigenvalue weighted by molar-refractivity contribution is 5.82. The van der Waals surface area contributed by atoms with Crippen LogP contribution in [-0.2, 0) is 4.79 Å². The number of hydrogen-bond acceptors (Lipinski definition) is 3. The van der Waals surface area contributed by atoms with Crippen molar-refractivity contribution in [1.29, 1.82) is 0 Å². The van der Waals surface area contributed by atoms with Gasteiger partial charge in [-0.25, -0.2) is 0 Å². The molecule has 2 N–H and O–H groups in total. The molecule has 0 aromatic carbocycles. The van der Waals surface area contributed by atoms with Gasteiger partial charge in [0.15, 0.2) is 0 Å². The molecular formula is C12H25N3O. The van der Waals surface area contributed by atoms with Crippen molar-refractivity contribution < 1.29 is 4.79 Å². The first-order valence-corrected chi connectivity index (χ1v) is 6.14. The van der Waals surface area contributed by atoms with Crippen molar-refractivity contribution in [3.05, 3.63) is 0 Å². The maximum atomic E-state index is 12.1. The molecule has 0 saturated carbocycles. The Labute approximate surface area is 98.8 Å². The highest BCUT2D eigenvalue weighted by atomic mass is 16.2. The van der Waals surface area contributed by atoms with Crippen molar-refractivity contribution in [2.45, 2.75) is 38.8 Å². The molecular weight excluding hydrogens is 202 g/mol. The second-order valence-corrected chi connectivity index (χ2v) is 5.31. The van der Waals surface area contributed by atoms with E-state index in [2.05, 4.69) is 19.0 Å². The molecule has 1 fully saturated rings. The highest BCUT2D eigenvalue weighted by Crippen LogP contribution is 2.15. The second kappa shape index (κ2) is 5.64. The third-order valence-corrected chi connectivity index (χ3v) is 3.44. The lowest BCUT2D eigenvalue weighted by Gasteiger charge is -2.37. The molecule has 0 aliphatic carbocycles. The van der Waals surface area contributed by atoms with E-state index < -0.39 is 0 Å². The topological polar surface area (TPSA) is 49.6 Å². The monoisotopic (exact) mass is 227 g/mol. The standard InChI is InChI=1S/C12H25N3O/c1-9(2)11(13)12(16)15-7-5-6-10(8-15)14(3)4/h9-11H,5-8,13H2,1-4H3/t10-,11+/m1/s1. The van der Waals surface area contributed by atoms with Crippen LogP contribution in [0.5, 0.6) is 0 Å². The summed E-state index contributed by atoms with van der Waals surface area (Å²) < 4.78 is 0. The number of likely N-dealkylation sites (N-methyl/N-ethyl adjacent to an activating group) is 1. The maximum absolute atomic E-state index is 12.1. The van der Waals surface area contributed by atoms with E-state index in [9.17, 15) is 4.79 Å². The first-order chi connectivity index (χ1) is 7.43. The third-order valence-electron chi connectivity index (χ3n) is 3.44. The first kappa shape index (κ1) is 13.5. The minimum atomic E-state index is -0.346. The molecule has 1 aliphatic heterocycles. The fourth-order valence-corrected chi connectivity index (χ4v) is 2.07. The van der Waals surface area contributed by atoms with Crippen molar-refractivity contribution in [2.75, 3.05) is 27.2 Å². The SMILES string of the molecule is CC(C)[C@H](N)C(=O)N1CCC[C@@H](N(C)C)C1. The molecule has 0 radical (unpaired) electrons. The van der Waals surface area contributed by atoms with Crippen LogP contribution in [-0.4, -0.2) is 55.0 Å². The van der Waals surface area contributed by atoms with Crippen LogP contribution in [0.15, 0.2) is 0 Å². The van der Waals surface area contributed by atoms with E-state index in [1.165, 1.54) is 6.42 Å². The van der Waals surface area contributed by atoms with Gasteiger partial charge in [0.05, 0.1) is 6.04 Å². The van der Waals surface area contributed by atoms with Crippen LogP contribution < -0.4 is 5.73 Å². The average Bonchev–Trinajstić information content (AvgIpc) is 2.27. The minimum absolute atomic E-state index is 0.113. The Morgan fingerprint density at radius 1 is 1.44 bits per heavy atom. The van der Waals surface area contributed by atoms with Gasteiger partial charge in [0, 0.05) is 19.1 Å². The number of piperidine rings is 1. The van der Waals surface area contributed by atoms with Crippen LogP contribution in [0.4, 0.5) is 0 Å². The summed E-state index contributed by atoms with van der Waals surface area (Å²) in [5.74, 6) is 0.328. The predicted molar refractivity (Wildman–Crippen MR) is 66.1 cm³/mol. The molecule has 1 heterocycles. The molecule has 2 atom stereocenters. The number of nitrogens with two attached hydrogens (primary N) is 1. The Morgan fingerprint density at radius 3 is 2.56 bits per heavy atom. The lowest BCUT2D eigenvalue weighted by molar-refractivity contribution is -0.135. The van der Waals surface area contributed by atoms with Crippen LogP contribution in [0.2, 0.25) is 0 Å². The molecule has 0 aromatic rings. The van der Waals surface area contributed by atoms with E-state index in [0.717, 1.165) is 19.5 Å². The van der Waals surface area contributed by atoms with Gasteiger partial charge in [-0.15, -0.1) is 0 Å². The van der Waals surface area contributed by atoms with E-state index in [0.29, 0.717) is 6.04 Å². The number of nitrogens with zero attached hydrogens (tertiary/aromatic N) is 2. The minimum Gasteiger partial charge on any atom is -0.340 e. The van der Waals surface area contributed by atoms with Gasteiger partial charge in [0.25, 0.3) is 0 Å². The van der Waals surface area contributed by atoms with Crippen molar-refractivity contribution in [3.63, 3.8) is 0 Å². The number of rotatable bonds is 3. The predicted octanol–water partition coefficient (Wildman–Crippen LogP) is 0.522. The highest BCUT2D eigenvalue weighted by Gasteiger charge is 2.28. The Kier molecular flexibility index (Phi) is 4.74. The Morgan fingerprint density at radius 2 is 2.06 bits per heavy atom. The second-order valence-electron chi connectivity index (χ2n) is 5.31. The molecule has 4 heteroatoms. The van der Waals surface area contributed by atoms with Gasteiger partial charge in [-0.1, -0.05) is 13.8 Å². The number of carbonyl (C=O) groups is 1. The van der Waals surface area contributed by atoms with Gasteiger partial charge in [0.2, 0.25) is 5.91 Å². The van der Waals surface area contributed by atoms with Gasteiger partial charge >= 0.3 is 0 Å². The summed E-state index contributed by atoms with van der Waals surface area (Å²) in [5.41, 5.74) is 5.91. The molecule has 0 aromatic heterocycles. The molecule has 1 aliphatic rings. The molecule has 1 saturated heterocycles.